The van der Waals surface area contributed by atoms with Crippen LogP contribution in [0.3, 0.4) is 0 Å². The number of likely N-dealkylation sites (N-methyl/N-ethyl adjacent to an activating group) is 1. The first-order valence-corrected chi connectivity index (χ1v) is 5.99. The molecule has 1 aliphatic rings. The molecule has 0 aliphatic carbocycles. The van der Waals surface area contributed by atoms with Crippen LogP contribution in [-0.2, 0) is 11.3 Å². The number of rotatable bonds is 3. The van der Waals surface area contributed by atoms with Crippen LogP contribution in [0, 0.1) is 0 Å². The van der Waals surface area contributed by atoms with Gasteiger partial charge in [0, 0.05) is 13.1 Å². The summed E-state index contributed by atoms with van der Waals surface area (Å²) in [6.07, 6.45) is -1.02. The third-order valence-electron chi connectivity index (χ3n) is 2.99. The highest BCUT2D eigenvalue weighted by atomic mass is 16.5. The second-order valence-electron chi connectivity index (χ2n) is 4.60. The lowest BCUT2D eigenvalue weighted by molar-refractivity contribution is 0.118. The van der Waals surface area contributed by atoms with E-state index in [2.05, 4.69) is 5.32 Å². The molecule has 1 fully saturated rings. The van der Waals surface area contributed by atoms with Crippen molar-refractivity contribution in [3.8, 4) is 0 Å². The highest BCUT2D eigenvalue weighted by Crippen LogP contribution is 2.08. The molecule has 5 heteroatoms. The fourth-order valence-corrected chi connectivity index (χ4v) is 2.04. The van der Waals surface area contributed by atoms with Gasteiger partial charge in [-0.15, -0.1) is 0 Å². The van der Waals surface area contributed by atoms with Crippen molar-refractivity contribution < 1.29 is 14.6 Å². The minimum Gasteiger partial charge on any atom is -0.445 e. The van der Waals surface area contributed by atoms with Crippen LogP contribution in [0.1, 0.15) is 5.56 Å². The summed E-state index contributed by atoms with van der Waals surface area (Å²) in [6.45, 7) is 1.45. The first kappa shape index (κ1) is 12.9. The van der Waals surface area contributed by atoms with Gasteiger partial charge in [-0.25, -0.2) is 4.79 Å². The number of amides is 1. The van der Waals surface area contributed by atoms with Gasteiger partial charge in [0.05, 0.1) is 12.1 Å². The predicted octanol–water partition coefficient (Wildman–Crippen LogP) is 0.588. The second-order valence-corrected chi connectivity index (χ2v) is 4.60. The Kier molecular flexibility index (Phi) is 4.17. The van der Waals surface area contributed by atoms with Crippen LogP contribution in [0.4, 0.5) is 4.79 Å². The van der Waals surface area contributed by atoms with E-state index in [1.54, 1.807) is 0 Å². The fraction of sp³-hybridized carbons (Fsp3) is 0.462. The highest BCUT2D eigenvalue weighted by Gasteiger charge is 2.30. The number of aliphatic hydroxyl groups is 1. The van der Waals surface area contributed by atoms with Crippen LogP contribution >= 0.6 is 0 Å². The van der Waals surface area contributed by atoms with Gasteiger partial charge in [-0.05, 0) is 12.6 Å². The van der Waals surface area contributed by atoms with Crippen LogP contribution < -0.4 is 5.32 Å². The van der Waals surface area contributed by atoms with Gasteiger partial charge < -0.3 is 20.1 Å². The zero-order chi connectivity index (χ0) is 13.0. The Morgan fingerprint density at radius 3 is 2.78 bits per heavy atom. The van der Waals surface area contributed by atoms with Crippen molar-refractivity contribution in [2.24, 2.45) is 0 Å². The molecular formula is C13H18N2O3. The number of hydrogen-bond donors (Lipinski definition) is 2. The number of nitrogens with one attached hydrogen (secondary N) is 1. The topological polar surface area (TPSA) is 61.8 Å². The third-order valence-corrected chi connectivity index (χ3v) is 2.99. The van der Waals surface area contributed by atoms with Gasteiger partial charge >= 0.3 is 6.09 Å². The van der Waals surface area contributed by atoms with Crippen molar-refractivity contribution in [3.63, 3.8) is 0 Å². The van der Waals surface area contributed by atoms with E-state index in [0.717, 1.165) is 5.56 Å². The minimum absolute atomic E-state index is 0.241. The Labute approximate surface area is 106 Å². The summed E-state index contributed by atoms with van der Waals surface area (Å²) in [6, 6.07) is 9.24. The summed E-state index contributed by atoms with van der Waals surface area (Å²) in [5, 5.41) is 12.4. The monoisotopic (exact) mass is 250 g/mol. The van der Waals surface area contributed by atoms with E-state index in [9.17, 15) is 9.90 Å². The first-order chi connectivity index (χ1) is 8.65. The maximum Gasteiger partial charge on any atom is 0.407 e. The number of carbonyl (C=O) groups is 1. The summed E-state index contributed by atoms with van der Waals surface area (Å²) in [5.41, 5.74) is 0.941. The van der Waals surface area contributed by atoms with Crippen molar-refractivity contribution in [2.75, 3.05) is 20.1 Å². The Hall–Kier alpha value is -1.59. The second kappa shape index (κ2) is 5.84. The average Bonchev–Trinajstić information content (AvgIpc) is 2.67. The molecule has 1 amide bonds. The largest absolute Gasteiger partial charge is 0.445 e. The molecule has 5 nitrogen and oxygen atoms in total. The lowest BCUT2D eigenvalue weighted by Crippen LogP contribution is -2.42. The molecule has 1 aliphatic heterocycles. The van der Waals surface area contributed by atoms with E-state index >= 15 is 0 Å². The molecule has 0 unspecified atom stereocenters. The van der Waals surface area contributed by atoms with E-state index in [4.69, 9.17) is 4.74 Å². The van der Waals surface area contributed by atoms with E-state index in [0.29, 0.717) is 13.1 Å². The van der Waals surface area contributed by atoms with E-state index in [1.165, 1.54) is 0 Å². The van der Waals surface area contributed by atoms with Gasteiger partial charge in [0.1, 0.15) is 6.61 Å². The standard InChI is InChI=1S/C13H18N2O3/c1-15-7-11(12(16)8-15)14-13(17)18-9-10-5-3-2-4-6-10/h2-6,11-12,16H,7-9H2,1H3,(H,14,17)/t11-,12-/m1/s1. The van der Waals surface area contributed by atoms with Gasteiger partial charge in [-0.3, -0.25) is 0 Å². The lowest BCUT2D eigenvalue weighted by Gasteiger charge is -2.15. The normalized spacial score (nSPS) is 23.9. The molecule has 2 atom stereocenters. The quantitative estimate of drug-likeness (QED) is 0.824. The molecule has 1 heterocycles. The molecule has 18 heavy (non-hydrogen) atoms. The number of β-amino-alcohol motifs (C(OH)–C–C–N with tert-alkyl or cyclic N) is 1. The minimum atomic E-state index is -0.528. The molecule has 0 aromatic heterocycles. The fourth-order valence-electron chi connectivity index (χ4n) is 2.04. The molecule has 98 valence electrons. The van der Waals surface area contributed by atoms with Crippen LogP contribution in [0.5, 0.6) is 0 Å². The molecule has 1 aromatic rings. The lowest BCUT2D eigenvalue weighted by atomic mass is 10.2. The zero-order valence-electron chi connectivity index (χ0n) is 10.4. The van der Waals surface area contributed by atoms with Gasteiger partial charge in [-0.1, -0.05) is 30.3 Å². The highest BCUT2D eigenvalue weighted by molar-refractivity contribution is 5.67. The zero-order valence-corrected chi connectivity index (χ0v) is 10.4. The molecule has 2 N–H and O–H groups in total. The van der Waals surface area contributed by atoms with Crippen molar-refractivity contribution in [3.05, 3.63) is 35.9 Å². The van der Waals surface area contributed by atoms with Gasteiger partial charge in [0.2, 0.25) is 0 Å². The van der Waals surface area contributed by atoms with Gasteiger partial charge in [0.15, 0.2) is 0 Å². The number of alkyl carbamates (subject to hydrolysis) is 1. The van der Waals surface area contributed by atoms with Crippen LogP contribution in [-0.4, -0.2) is 48.4 Å². The van der Waals surface area contributed by atoms with Crippen molar-refractivity contribution >= 4 is 6.09 Å². The Balaban J connectivity index is 1.76. The maximum atomic E-state index is 11.6. The molecular weight excluding hydrogens is 232 g/mol. The molecule has 2 rings (SSSR count). The summed E-state index contributed by atoms with van der Waals surface area (Å²) >= 11 is 0. The van der Waals surface area contributed by atoms with Crippen molar-refractivity contribution in [1.82, 2.24) is 10.2 Å². The first-order valence-electron chi connectivity index (χ1n) is 5.99. The molecule has 0 saturated carbocycles. The SMILES string of the molecule is CN1C[C@@H](O)[C@H](NC(=O)OCc2ccccc2)C1. The van der Waals surface area contributed by atoms with Crippen molar-refractivity contribution in [2.45, 2.75) is 18.8 Å². The van der Waals surface area contributed by atoms with E-state index in [1.807, 2.05) is 42.3 Å². The van der Waals surface area contributed by atoms with Gasteiger partial charge in [0.25, 0.3) is 0 Å². The summed E-state index contributed by atoms with van der Waals surface area (Å²) in [5.74, 6) is 0. The number of likely N-dealkylation sites (tertiary alicyclic amines) is 1. The smallest absolute Gasteiger partial charge is 0.407 e. The number of hydrogen-bond acceptors (Lipinski definition) is 4. The van der Waals surface area contributed by atoms with E-state index < -0.39 is 12.2 Å². The Morgan fingerprint density at radius 1 is 1.44 bits per heavy atom. The summed E-state index contributed by atoms with van der Waals surface area (Å²) in [7, 11) is 1.90. The molecule has 0 spiro atoms. The Bertz CT molecular complexity index is 396. The van der Waals surface area contributed by atoms with Crippen LogP contribution in [0.25, 0.3) is 0 Å². The average molecular weight is 250 g/mol. The number of nitrogens with zero attached hydrogens (tertiary/aromatic N) is 1. The van der Waals surface area contributed by atoms with Crippen molar-refractivity contribution in [1.29, 1.82) is 0 Å². The maximum absolute atomic E-state index is 11.6. The van der Waals surface area contributed by atoms with Crippen LogP contribution in [0.2, 0.25) is 0 Å². The molecule has 0 radical (unpaired) electrons. The molecule has 1 aromatic carbocycles. The predicted molar refractivity (Wildman–Crippen MR) is 67.1 cm³/mol. The number of carbonyl (C=O) groups excluding carboxylic acids is 1. The van der Waals surface area contributed by atoms with Crippen LogP contribution in [0.15, 0.2) is 30.3 Å². The summed E-state index contributed by atoms with van der Waals surface area (Å²) in [4.78, 5) is 13.5. The number of aliphatic hydroxyl groups excluding tert-OH is 1. The Morgan fingerprint density at radius 2 is 2.17 bits per heavy atom. The number of ether oxygens (including phenoxy) is 1. The van der Waals surface area contributed by atoms with Gasteiger partial charge in [-0.2, -0.15) is 0 Å². The third kappa shape index (κ3) is 3.45. The molecule has 0 bridgehead atoms. The summed E-state index contributed by atoms with van der Waals surface area (Å²) < 4.78 is 5.09. The van der Waals surface area contributed by atoms with E-state index in [-0.39, 0.29) is 12.6 Å². The number of benzene rings is 1. The molecule has 1 saturated heterocycles.